The van der Waals surface area contributed by atoms with Gasteiger partial charge in [0.15, 0.2) is 0 Å². The van der Waals surface area contributed by atoms with Gasteiger partial charge in [-0.2, -0.15) is 11.3 Å². The SMILES string of the molecule is CCNC(CCc1ccsc1)c1cnns1. The van der Waals surface area contributed by atoms with Crippen molar-refractivity contribution in [1.29, 1.82) is 0 Å². The van der Waals surface area contributed by atoms with Gasteiger partial charge in [0.2, 0.25) is 0 Å². The number of nitrogens with one attached hydrogen (secondary N) is 1. The number of nitrogens with zero attached hydrogens (tertiary/aromatic N) is 2. The van der Waals surface area contributed by atoms with Gasteiger partial charge in [-0.1, -0.05) is 11.4 Å². The summed E-state index contributed by atoms with van der Waals surface area (Å²) >= 11 is 3.25. The highest BCUT2D eigenvalue weighted by atomic mass is 32.1. The molecule has 1 N–H and O–H groups in total. The van der Waals surface area contributed by atoms with Crippen molar-refractivity contribution < 1.29 is 0 Å². The molecular formula is C11H15N3S2. The second-order valence-electron chi connectivity index (χ2n) is 3.60. The van der Waals surface area contributed by atoms with Gasteiger partial charge in [0.1, 0.15) is 0 Å². The maximum absolute atomic E-state index is 3.92. The van der Waals surface area contributed by atoms with Crippen LogP contribution in [0.15, 0.2) is 23.0 Å². The van der Waals surface area contributed by atoms with E-state index in [-0.39, 0.29) is 0 Å². The van der Waals surface area contributed by atoms with E-state index in [1.165, 1.54) is 22.0 Å². The van der Waals surface area contributed by atoms with E-state index in [1.807, 2.05) is 6.20 Å². The third kappa shape index (κ3) is 3.10. The van der Waals surface area contributed by atoms with Gasteiger partial charge in [-0.3, -0.25) is 0 Å². The summed E-state index contributed by atoms with van der Waals surface area (Å²) in [5.74, 6) is 0. The summed E-state index contributed by atoms with van der Waals surface area (Å²) in [6.07, 6.45) is 4.08. The highest BCUT2D eigenvalue weighted by Crippen LogP contribution is 2.21. The maximum atomic E-state index is 3.92. The molecule has 0 radical (unpaired) electrons. The van der Waals surface area contributed by atoms with E-state index in [4.69, 9.17) is 0 Å². The molecule has 0 aromatic carbocycles. The van der Waals surface area contributed by atoms with Crippen molar-refractivity contribution in [2.75, 3.05) is 6.54 Å². The first kappa shape index (κ1) is 11.7. The van der Waals surface area contributed by atoms with Gasteiger partial charge >= 0.3 is 0 Å². The predicted molar refractivity (Wildman–Crippen MR) is 69.0 cm³/mol. The van der Waals surface area contributed by atoms with E-state index in [0.717, 1.165) is 19.4 Å². The third-order valence-corrected chi connectivity index (χ3v) is 3.98. The van der Waals surface area contributed by atoms with Crippen molar-refractivity contribution in [2.45, 2.75) is 25.8 Å². The lowest BCUT2D eigenvalue weighted by Crippen LogP contribution is -2.20. The van der Waals surface area contributed by atoms with Crippen LogP contribution in [0.25, 0.3) is 0 Å². The second kappa shape index (κ2) is 6.08. The molecule has 0 amide bonds. The molecule has 0 aliphatic heterocycles. The fraction of sp³-hybridized carbons (Fsp3) is 0.455. The van der Waals surface area contributed by atoms with Crippen molar-refractivity contribution >= 4 is 22.9 Å². The minimum absolute atomic E-state index is 0.393. The molecule has 0 saturated heterocycles. The molecule has 2 aromatic heterocycles. The number of rotatable bonds is 6. The lowest BCUT2D eigenvalue weighted by Gasteiger charge is -2.14. The van der Waals surface area contributed by atoms with Crippen LogP contribution in [-0.2, 0) is 6.42 Å². The summed E-state index contributed by atoms with van der Waals surface area (Å²) in [6.45, 7) is 3.11. The Morgan fingerprint density at radius 1 is 1.50 bits per heavy atom. The third-order valence-electron chi connectivity index (χ3n) is 2.47. The fourth-order valence-corrected chi connectivity index (χ4v) is 2.98. The van der Waals surface area contributed by atoms with Crippen LogP contribution in [0.1, 0.15) is 29.8 Å². The highest BCUT2D eigenvalue weighted by Gasteiger charge is 2.12. The van der Waals surface area contributed by atoms with E-state index in [2.05, 4.69) is 38.7 Å². The van der Waals surface area contributed by atoms with Gasteiger partial charge < -0.3 is 5.32 Å². The minimum atomic E-state index is 0.393. The smallest absolute Gasteiger partial charge is 0.0669 e. The van der Waals surface area contributed by atoms with Crippen molar-refractivity contribution in [3.8, 4) is 0 Å². The molecule has 3 nitrogen and oxygen atoms in total. The van der Waals surface area contributed by atoms with Crippen molar-refractivity contribution in [1.82, 2.24) is 14.9 Å². The first-order valence-corrected chi connectivity index (χ1v) is 7.13. The average Bonchev–Trinajstić information content (AvgIpc) is 2.96. The average molecular weight is 253 g/mol. The monoisotopic (exact) mass is 253 g/mol. The van der Waals surface area contributed by atoms with Crippen LogP contribution < -0.4 is 5.32 Å². The zero-order chi connectivity index (χ0) is 11.2. The van der Waals surface area contributed by atoms with Gasteiger partial charge in [0.05, 0.1) is 11.1 Å². The van der Waals surface area contributed by atoms with Crippen LogP contribution in [0.4, 0.5) is 0 Å². The molecule has 0 saturated carbocycles. The Morgan fingerprint density at radius 3 is 3.06 bits per heavy atom. The lowest BCUT2D eigenvalue weighted by molar-refractivity contribution is 0.522. The summed E-state index contributed by atoms with van der Waals surface area (Å²) in [7, 11) is 0. The van der Waals surface area contributed by atoms with Gasteiger partial charge in [-0.05, 0) is 53.3 Å². The molecule has 2 rings (SSSR count). The first-order chi connectivity index (χ1) is 7.90. The summed E-state index contributed by atoms with van der Waals surface area (Å²) in [6, 6.07) is 2.59. The molecule has 1 unspecified atom stereocenters. The summed E-state index contributed by atoms with van der Waals surface area (Å²) in [5.41, 5.74) is 1.42. The zero-order valence-electron chi connectivity index (χ0n) is 9.22. The Morgan fingerprint density at radius 2 is 2.44 bits per heavy atom. The van der Waals surface area contributed by atoms with E-state index >= 15 is 0 Å². The number of thiophene rings is 1. The van der Waals surface area contributed by atoms with Crippen LogP contribution in [0.2, 0.25) is 0 Å². The van der Waals surface area contributed by atoms with Crippen LogP contribution in [0, 0.1) is 0 Å². The molecule has 0 bridgehead atoms. The van der Waals surface area contributed by atoms with Gasteiger partial charge in [-0.15, -0.1) is 5.10 Å². The Hall–Kier alpha value is -0.780. The fourth-order valence-electron chi connectivity index (χ4n) is 1.67. The molecule has 2 aromatic rings. The lowest BCUT2D eigenvalue weighted by atomic mass is 10.1. The summed E-state index contributed by atoms with van der Waals surface area (Å²) in [4.78, 5) is 1.23. The number of hydrogen-bond acceptors (Lipinski definition) is 5. The molecule has 0 fully saturated rings. The molecule has 16 heavy (non-hydrogen) atoms. The molecular weight excluding hydrogens is 238 g/mol. The van der Waals surface area contributed by atoms with Crippen LogP contribution in [0.3, 0.4) is 0 Å². The predicted octanol–water partition coefficient (Wildman–Crippen LogP) is 2.88. The second-order valence-corrected chi connectivity index (χ2v) is 5.20. The normalized spacial score (nSPS) is 12.8. The highest BCUT2D eigenvalue weighted by molar-refractivity contribution is 7.08. The summed E-state index contributed by atoms with van der Waals surface area (Å²) < 4.78 is 3.92. The standard InChI is InChI=1S/C11H15N3S2/c1-2-12-10(11-7-13-14-16-11)4-3-9-5-6-15-8-9/h5-8,10,12H,2-4H2,1H3. The van der Waals surface area contributed by atoms with E-state index in [0.29, 0.717) is 6.04 Å². The van der Waals surface area contributed by atoms with E-state index < -0.39 is 0 Å². The molecule has 86 valence electrons. The van der Waals surface area contributed by atoms with Crippen LogP contribution in [0.5, 0.6) is 0 Å². The van der Waals surface area contributed by atoms with E-state index in [9.17, 15) is 0 Å². The Labute approximate surface area is 104 Å². The van der Waals surface area contributed by atoms with Gasteiger partial charge in [-0.25, -0.2) is 0 Å². The molecule has 0 spiro atoms. The largest absolute Gasteiger partial charge is 0.309 e. The number of aromatic nitrogens is 2. The molecule has 0 aliphatic rings. The van der Waals surface area contributed by atoms with E-state index in [1.54, 1.807) is 11.3 Å². The van der Waals surface area contributed by atoms with Gasteiger partial charge in [0.25, 0.3) is 0 Å². The maximum Gasteiger partial charge on any atom is 0.0669 e. The minimum Gasteiger partial charge on any atom is -0.309 e. The van der Waals surface area contributed by atoms with Crippen molar-refractivity contribution in [2.24, 2.45) is 0 Å². The van der Waals surface area contributed by atoms with Crippen LogP contribution in [-0.4, -0.2) is 16.1 Å². The Balaban J connectivity index is 1.93. The first-order valence-electron chi connectivity index (χ1n) is 5.42. The Bertz CT molecular complexity index is 383. The summed E-state index contributed by atoms with van der Waals surface area (Å²) in [5, 5.41) is 11.7. The van der Waals surface area contributed by atoms with Gasteiger partial charge in [0, 0.05) is 6.04 Å². The molecule has 2 heterocycles. The topological polar surface area (TPSA) is 37.8 Å². The number of hydrogen-bond donors (Lipinski definition) is 1. The van der Waals surface area contributed by atoms with Crippen molar-refractivity contribution in [3.63, 3.8) is 0 Å². The Kier molecular flexibility index (Phi) is 4.44. The number of aryl methyl sites for hydroxylation is 1. The molecule has 0 aliphatic carbocycles. The quantitative estimate of drug-likeness (QED) is 0.860. The molecule has 1 atom stereocenters. The van der Waals surface area contributed by atoms with Crippen LogP contribution >= 0.6 is 22.9 Å². The zero-order valence-corrected chi connectivity index (χ0v) is 10.9. The molecule has 5 heteroatoms. The van der Waals surface area contributed by atoms with Crippen molar-refractivity contribution in [3.05, 3.63) is 33.5 Å².